The molecular formula is C28H23N5O2S. The first-order valence-corrected chi connectivity index (χ1v) is 12.5. The van der Waals surface area contributed by atoms with Crippen molar-refractivity contribution in [1.82, 2.24) is 10.2 Å². The van der Waals surface area contributed by atoms with Crippen molar-refractivity contribution in [3.05, 3.63) is 108 Å². The van der Waals surface area contributed by atoms with E-state index in [4.69, 9.17) is 5.14 Å². The lowest BCUT2D eigenvalue weighted by Crippen LogP contribution is -2.13. The zero-order valence-corrected chi connectivity index (χ0v) is 20.3. The van der Waals surface area contributed by atoms with E-state index in [2.05, 4.69) is 20.8 Å². The standard InChI is InChI=1S/C28H23N5O2S/c1-18-11-12-20(17-25(18)36(29)35)26-23-9-5-6-10-24(23)27(33-32-26)30-22-15-13-19(14-16-22)28(34)31-21-7-3-2-4-8-21/h2-17H,29H2,1H3,(H,30,33)(H,31,34). The van der Waals surface area contributed by atoms with E-state index in [9.17, 15) is 9.35 Å². The second kappa shape index (κ2) is 10.2. The van der Waals surface area contributed by atoms with Gasteiger partial charge in [0.2, 0.25) is 0 Å². The fourth-order valence-electron chi connectivity index (χ4n) is 3.94. The third-order valence-electron chi connectivity index (χ3n) is 5.81. The predicted octanol–water partition coefficient (Wildman–Crippen LogP) is 5.58. The molecule has 1 heterocycles. The second-order valence-corrected chi connectivity index (χ2v) is 9.28. The van der Waals surface area contributed by atoms with Crippen molar-refractivity contribution in [2.45, 2.75) is 11.8 Å². The molecule has 5 aromatic rings. The van der Waals surface area contributed by atoms with E-state index in [0.717, 1.165) is 33.3 Å². The molecule has 0 saturated carbocycles. The summed E-state index contributed by atoms with van der Waals surface area (Å²) in [5.74, 6) is 0.406. The van der Waals surface area contributed by atoms with E-state index in [1.54, 1.807) is 18.2 Å². The van der Waals surface area contributed by atoms with Crippen molar-refractivity contribution in [3.63, 3.8) is 0 Å². The Morgan fingerprint density at radius 3 is 2.25 bits per heavy atom. The summed E-state index contributed by atoms with van der Waals surface area (Å²) in [6.07, 6.45) is 0. The molecule has 1 unspecified atom stereocenters. The number of fused-ring (bicyclic) bond motifs is 1. The smallest absolute Gasteiger partial charge is 0.255 e. The van der Waals surface area contributed by atoms with Gasteiger partial charge in [-0.25, -0.2) is 0 Å². The number of carbonyl (C=O) groups is 1. The first-order valence-electron chi connectivity index (χ1n) is 11.3. The summed E-state index contributed by atoms with van der Waals surface area (Å²) in [5.41, 5.74) is 4.38. The average molecular weight is 494 g/mol. The van der Waals surface area contributed by atoms with Crippen LogP contribution in [0.2, 0.25) is 0 Å². The van der Waals surface area contributed by atoms with E-state index in [1.807, 2.05) is 85.8 Å². The fraction of sp³-hybridized carbons (Fsp3) is 0.0357. The van der Waals surface area contributed by atoms with Crippen molar-refractivity contribution in [1.29, 1.82) is 0 Å². The normalized spacial score (nSPS) is 11.8. The number of benzene rings is 4. The Labute approximate surface area is 211 Å². The molecule has 0 saturated heterocycles. The SMILES string of the molecule is Cc1ccc(-c2nnc(Nc3ccc(C(=O)Nc4ccccc4)cc3)c3ccccc23)cc1[S+](N)[O-]. The van der Waals surface area contributed by atoms with Crippen LogP contribution in [-0.2, 0) is 11.4 Å². The molecule has 7 nitrogen and oxygen atoms in total. The van der Waals surface area contributed by atoms with Gasteiger partial charge in [-0.2, -0.15) is 0 Å². The number of nitrogens with zero attached hydrogens (tertiary/aromatic N) is 2. The Hall–Kier alpha value is -4.24. The second-order valence-electron chi connectivity index (χ2n) is 8.24. The number of hydrogen-bond donors (Lipinski definition) is 3. The number of carbonyl (C=O) groups excluding carboxylic acids is 1. The third kappa shape index (κ3) is 4.92. The lowest BCUT2D eigenvalue weighted by Gasteiger charge is -2.13. The van der Waals surface area contributed by atoms with E-state index in [-0.39, 0.29) is 5.91 Å². The van der Waals surface area contributed by atoms with E-state index in [1.165, 1.54) is 0 Å². The van der Waals surface area contributed by atoms with Gasteiger partial charge < -0.3 is 15.2 Å². The zero-order valence-electron chi connectivity index (χ0n) is 19.4. The highest BCUT2D eigenvalue weighted by Crippen LogP contribution is 2.32. The van der Waals surface area contributed by atoms with Crippen LogP contribution in [0.5, 0.6) is 0 Å². The Balaban J connectivity index is 1.42. The third-order valence-corrected chi connectivity index (χ3v) is 6.68. The number of aryl methyl sites for hydroxylation is 1. The molecule has 8 heteroatoms. The lowest BCUT2D eigenvalue weighted by molar-refractivity contribution is 0.102. The summed E-state index contributed by atoms with van der Waals surface area (Å²) in [6, 6.07) is 29.9. The molecule has 0 aliphatic rings. The molecule has 1 aromatic heterocycles. The predicted molar refractivity (Wildman–Crippen MR) is 144 cm³/mol. The monoisotopic (exact) mass is 493 g/mol. The Bertz CT molecular complexity index is 1540. The van der Waals surface area contributed by atoms with Gasteiger partial charge in [0.05, 0.1) is 11.4 Å². The molecule has 0 bridgehead atoms. The van der Waals surface area contributed by atoms with Gasteiger partial charge >= 0.3 is 0 Å². The van der Waals surface area contributed by atoms with Crippen LogP contribution < -0.4 is 15.8 Å². The number of para-hydroxylation sites is 1. The Morgan fingerprint density at radius 1 is 0.833 bits per heavy atom. The number of amides is 1. The summed E-state index contributed by atoms with van der Waals surface area (Å²) >= 11 is -1.60. The number of nitrogens with two attached hydrogens (primary N) is 1. The maximum atomic E-state index is 12.5. The summed E-state index contributed by atoms with van der Waals surface area (Å²) < 4.78 is 11.9. The molecule has 4 N–H and O–H groups in total. The fourth-order valence-corrected chi connectivity index (χ4v) is 4.57. The highest BCUT2D eigenvalue weighted by molar-refractivity contribution is 7.89. The maximum Gasteiger partial charge on any atom is 0.255 e. The summed E-state index contributed by atoms with van der Waals surface area (Å²) in [5, 5.41) is 22.5. The van der Waals surface area contributed by atoms with E-state index < -0.39 is 11.4 Å². The molecular weight excluding hydrogens is 470 g/mol. The molecule has 178 valence electrons. The van der Waals surface area contributed by atoms with Crippen molar-refractivity contribution >= 4 is 45.2 Å². The molecule has 0 spiro atoms. The first-order chi connectivity index (χ1) is 17.5. The number of anilines is 3. The average Bonchev–Trinajstić information content (AvgIpc) is 2.90. The van der Waals surface area contributed by atoms with Crippen molar-refractivity contribution < 1.29 is 9.35 Å². The maximum absolute atomic E-state index is 12.5. The largest absolute Gasteiger partial charge is 0.593 e. The van der Waals surface area contributed by atoms with Crippen LogP contribution in [0.4, 0.5) is 17.2 Å². The number of hydrogen-bond acceptors (Lipinski definition) is 6. The number of rotatable bonds is 6. The van der Waals surface area contributed by atoms with E-state index >= 15 is 0 Å². The molecule has 0 fully saturated rings. The molecule has 1 amide bonds. The Morgan fingerprint density at radius 2 is 1.53 bits per heavy atom. The van der Waals surface area contributed by atoms with Gasteiger partial charge in [-0.15, -0.1) is 15.3 Å². The van der Waals surface area contributed by atoms with Gasteiger partial charge in [-0.3, -0.25) is 4.79 Å². The van der Waals surface area contributed by atoms with Crippen LogP contribution in [0, 0.1) is 6.92 Å². The summed E-state index contributed by atoms with van der Waals surface area (Å²) in [7, 11) is 0. The summed E-state index contributed by atoms with van der Waals surface area (Å²) in [4.78, 5) is 13.1. The minimum absolute atomic E-state index is 0.182. The zero-order chi connectivity index (χ0) is 25.1. The molecule has 0 radical (unpaired) electrons. The molecule has 5 rings (SSSR count). The van der Waals surface area contributed by atoms with Crippen molar-refractivity contribution in [2.75, 3.05) is 10.6 Å². The quantitative estimate of drug-likeness (QED) is 0.266. The minimum atomic E-state index is -1.60. The van der Waals surface area contributed by atoms with Gasteiger partial charge in [0.15, 0.2) is 10.7 Å². The molecule has 1 atom stereocenters. The molecule has 36 heavy (non-hydrogen) atoms. The molecule has 4 aromatic carbocycles. The number of nitrogens with one attached hydrogen (secondary N) is 2. The van der Waals surface area contributed by atoms with Crippen LogP contribution in [-0.4, -0.2) is 20.7 Å². The topological polar surface area (TPSA) is 116 Å². The summed E-state index contributed by atoms with van der Waals surface area (Å²) in [6.45, 7) is 1.87. The van der Waals surface area contributed by atoms with Gasteiger partial charge in [-0.1, -0.05) is 54.6 Å². The van der Waals surface area contributed by atoms with Crippen molar-refractivity contribution in [3.8, 4) is 11.3 Å². The first kappa shape index (κ1) is 23.5. The van der Waals surface area contributed by atoms with Crippen LogP contribution in [0.3, 0.4) is 0 Å². The number of aromatic nitrogens is 2. The van der Waals surface area contributed by atoms with Gasteiger partial charge in [0.1, 0.15) is 5.69 Å². The van der Waals surface area contributed by atoms with Crippen LogP contribution in [0.25, 0.3) is 22.0 Å². The minimum Gasteiger partial charge on any atom is -0.593 e. The van der Waals surface area contributed by atoms with Crippen LogP contribution >= 0.6 is 0 Å². The van der Waals surface area contributed by atoms with Gasteiger partial charge in [0.25, 0.3) is 5.91 Å². The van der Waals surface area contributed by atoms with Crippen LogP contribution in [0.15, 0.2) is 102 Å². The van der Waals surface area contributed by atoms with Gasteiger partial charge in [0, 0.05) is 44.9 Å². The molecule has 0 aliphatic carbocycles. The van der Waals surface area contributed by atoms with Crippen LogP contribution in [0.1, 0.15) is 15.9 Å². The highest BCUT2D eigenvalue weighted by atomic mass is 32.2. The van der Waals surface area contributed by atoms with E-state index in [0.29, 0.717) is 22.0 Å². The van der Waals surface area contributed by atoms with Gasteiger partial charge in [-0.05, 0) is 43.3 Å². The highest BCUT2D eigenvalue weighted by Gasteiger charge is 2.16. The Kier molecular flexibility index (Phi) is 6.64. The molecule has 0 aliphatic heterocycles. The lowest BCUT2D eigenvalue weighted by atomic mass is 10.0. The van der Waals surface area contributed by atoms with Crippen molar-refractivity contribution in [2.24, 2.45) is 5.14 Å².